The van der Waals surface area contributed by atoms with Crippen LogP contribution < -0.4 is 5.32 Å². The molecular formula is C16H17N3O2. The summed E-state index contributed by atoms with van der Waals surface area (Å²) in [4.78, 5) is 9.14. The summed E-state index contributed by atoms with van der Waals surface area (Å²) in [5.74, 6) is 2.08. The smallest absolute Gasteiger partial charge is 0.198 e. The highest BCUT2D eigenvalue weighted by atomic mass is 16.5. The van der Waals surface area contributed by atoms with E-state index in [2.05, 4.69) is 15.3 Å². The van der Waals surface area contributed by atoms with E-state index in [1.165, 1.54) is 0 Å². The van der Waals surface area contributed by atoms with Crippen molar-refractivity contribution in [2.24, 2.45) is 0 Å². The van der Waals surface area contributed by atoms with Gasteiger partial charge in [-0.05, 0) is 30.7 Å². The Morgan fingerprint density at radius 2 is 2.05 bits per heavy atom. The number of aromatic nitrogens is 2. The fourth-order valence-electron chi connectivity index (χ4n) is 2.15. The number of anilines is 1. The maximum Gasteiger partial charge on any atom is 0.198 e. The lowest BCUT2D eigenvalue weighted by Gasteiger charge is -2.09. The van der Waals surface area contributed by atoms with Gasteiger partial charge in [-0.1, -0.05) is 12.1 Å². The molecule has 0 bridgehead atoms. The molecule has 0 fully saturated rings. The fraction of sp³-hybridized carbons (Fsp3) is 0.250. The number of hydrogen-bond donors (Lipinski definition) is 1. The second-order valence-electron chi connectivity index (χ2n) is 4.66. The Labute approximate surface area is 123 Å². The molecular weight excluding hydrogens is 266 g/mol. The lowest BCUT2D eigenvalue weighted by molar-refractivity contribution is 0.198. The van der Waals surface area contributed by atoms with Crippen LogP contribution in [0.5, 0.6) is 0 Å². The second-order valence-corrected chi connectivity index (χ2v) is 4.66. The molecule has 0 atom stereocenters. The summed E-state index contributed by atoms with van der Waals surface area (Å²) in [6.07, 6.45) is 2.55. The number of nitrogens with zero attached hydrogens (tertiary/aromatic N) is 2. The first kappa shape index (κ1) is 13.6. The van der Waals surface area contributed by atoms with Crippen LogP contribution in [0.4, 0.5) is 5.82 Å². The van der Waals surface area contributed by atoms with Gasteiger partial charge in [0, 0.05) is 25.6 Å². The summed E-state index contributed by atoms with van der Waals surface area (Å²) < 4.78 is 10.5. The van der Waals surface area contributed by atoms with Crippen LogP contribution >= 0.6 is 0 Å². The highest BCUT2D eigenvalue weighted by molar-refractivity contribution is 5.90. The van der Waals surface area contributed by atoms with Crippen LogP contribution in [-0.2, 0) is 4.74 Å². The Morgan fingerprint density at radius 3 is 2.86 bits per heavy atom. The molecule has 3 rings (SSSR count). The van der Waals surface area contributed by atoms with Gasteiger partial charge in [0.15, 0.2) is 11.6 Å². The van der Waals surface area contributed by atoms with Crippen molar-refractivity contribution in [2.45, 2.75) is 6.42 Å². The van der Waals surface area contributed by atoms with Crippen molar-refractivity contribution in [1.82, 2.24) is 9.97 Å². The molecule has 0 aliphatic heterocycles. The second kappa shape index (κ2) is 6.37. The first-order chi connectivity index (χ1) is 10.4. The van der Waals surface area contributed by atoms with Crippen molar-refractivity contribution in [3.8, 4) is 11.6 Å². The molecule has 0 saturated carbocycles. The number of nitrogens with one attached hydrogen (secondary N) is 1. The standard InChI is InChI=1S/C16H17N3O2/c1-20-10-5-9-17-15-12-6-2-3-7-13(12)18-16(19-15)14-8-4-11-21-14/h2-4,6-8,11H,5,9-10H2,1H3,(H,17,18,19). The number of ether oxygens (including phenoxy) is 1. The van der Waals surface area contributed by atoms with Crippen LogP contribution in [0.2, 0.25) is 0 Å². The summed E-state index contributed by atoms with van der Waals surface area (Å²) >= 11 is 0. The van der Waals surface area contributed by atoms with Crippen LogP contribution in [0.15, 0.2) is 47.1 Å². The molecule has 21 heavy (non-hydrogen) atoms. The number of rotatable bonds is 6. The van der Waals surface area contributed by atoms with Crippen molar-refractivity contribution in [3.63, 3.8) is 0 Å². The van der Waals surface area contributed by atoms with Crippen LogP contribution in [0.1, 0.15) is 6.42 Å². The highest BCUT2D eigenvalue weighted by Crippen LogP contribution is 2.24. The molecule has 1 N–H and O–H groups in total. The minimum absolute atomic E-state index is 0.591. The van der Waals surface area contributed by atoms with Gasteiger partial charge in [-0.15, -0.1) is 0 Å². The minimum atomic E-state index is 0.591. The Morgan fingerprint density at radius 1 is 1.14 bits per heavy atom. The highest BCUT2D eigenvalue weighted by Gasteiger charge is 2.10. The van der Waals surface area contributed by atoms with E-state index in [4.69, 9.17) is 9.15 Å². The summed E-state index contributed by atoms with van der Waals surface area (Å²) in [6.45, 7) is 1.52. The van der Waals surface area contributed by atoms with E-state index in [0.717, 1.165) is 36.3 Å². The molecule has 2 heterocycles. The molecule has 0 spiro atoms. The van der Waals surface area contributed by atoms with E-state index < -0.39 is 0 Å². The molecule has 1 aromatic carbocycles. The van der Waals surface area contributed by atoms with Crippen LogP contribution in [0, 0.1) is 0 Å². The van der Waals surface area contributed by atoms with Crippen molar-refractivity contribution >= 4 is 16.7 Å². The Bertz CT molecular complexity index is 711. The average Bonchev–Trinajstić information content (AvgIpc) is 3.05. The summed E-state index contributed by atoms with van der Waals surface area (Å²) in [5.41, 5.74) is 0.896. The maximum atomic E-state index is 5.39. The van der Waals surface area contributed by atoms with Gasteiger partial charge in [0.25, 0.3) is 0 Å². The SMILES string of the molecule is COCCCNc1nc(-c2ccco2)nc2ccccc12. The lowest BCUT2D eigenvalue weighted by Crippen LogP contribution is -2.07. The third-order valence-corrected chi connectivity index (χ3v) is 3.16. The van der Waals surface area contributed by atoms with Crippen molar-refractivity contribution in [3.05, 3.63) is 42.7 Å². The van der Waals surface area contributed by atoms with E-state index in [1.807, 2.05) is 36.4 Å². The third kappa shape index (κ3) is 3.03. The summed E-state index contributed by atoms with van der Waals surface area (Å²) in [7, 11) is 1.70. The predicted octanol–water partition coefficient (Wildman–Crippen LogP) is 3.34. The van der Waals surface area contributed by atoms with E-state index in [1.54, 1.807) is 13.4 Å². The molecule has 0 amide bonds. The van der Waals surface area contributed by atoms with Gasteiger partial charge in [-0.3, -0.25) is 0 Å². The van der Waals surface area contributed by atoms with Gasteiger partial charge < -0.3 is 14.5 Å². The van der Waals surface area contributed by atoms with Crippen molar-refractivity contribution in [1.29, 1.82) is 0 Å². The van der Waals surface area contributed by atoms with E-state index in [9.17, 15) is 0 Å². The largest absolute Gasteiger partial charge is 0.461 e. The number of hydrogen-bond acceptors (Lipinski definition) is 5. The van der Waals surface area contributed by atoms with Gasteiger partial charge in [-0.2, -0.15) is 0 Å². The van der Waals surface area contributed by atoms with Gasteiger partial charge in [0.05, 0.1) is 11.8 Å². The Hall–Kier alpha value is -2.40. The maximum absolute atomic E-state index is 5.39. The van der Waals surface area contributed by atoms with E-state index in [0.29, 0.717) is 11.6 Å². The molecule has 3 aromatic rings. The number of benzene rings is 1. The molecule has 5 nitrogen and oxygen atoms in total. The first-order valence-corrected chi connectivity index (χ1v) is 6.92. The van der Waals surface area contributed by atoms with Gasteiger partial charge >= 0.3 is 0 Å². The first-order valence-electron chi connectivity index (χ1n) is 6.92. The molecule has 5 heteroatoms. The fourth-order valence-corrected chi connectivity index (χ4v) is 2.15. The number of furan rings is 1. The zero-order valence-corrected chi connectivity index (χ0v) is 11.9. The summed E-state index contributed by atoms with van der Waals surface area (Å²) in [6, 6.07) is 11.6. The molecule has 0 aliphatic carbocycles. The van der Waals surface area contributed by atoms with Crippen LogP contribution in [0.3, 0.4) is 0 Å². The molecule has 108 valence electrons. The molecule has 0 radical (unpaired) electrons. The molecule has 0 unspecified atom stereocenters. The quantitative estimate of drug-likeness (QED) is 0.703. The summed E-state index contributed by atoms with van der Waals surface area (Å²) in [5, 5.41) is 4.36. The third-order valence-electron chi connectivity index (χ3n) is 3.16. The monoisotopic (exact) mass is 283 g/mol. The topological polar surface area (TPSA) is 60.2 Å². The van der Waals surface area contributed by atoms with Gasteiger partial charge in [-0.25, -0.2) is 9.97 Å². The van der Waals surface area contributed by atoms with Gasteiger partial charge in [0.2, 0.25) is 0 Å². The van der Waals surface area contributed by atoms with Crippen LogP contribution in [-0.4, -0.2) is 30.2 Å². The van der Waals surface area contributed by atoms with Crippen LogP contribution in [0.25, 0.3) is 22.5 Å². The zero-order valence-electron chi connectivity index (χ0n) is 11.9. The number of fused-ring (bicyclic) bond motifs is 1. The lowest BCUT2D eigenvalue weighted by atomic mass is 10.2. The molecule has 0 aliphatic rings. The number of para-hydroxylation sites is 1. The van der Waals surface area contributed by atoms with Crippen molar-refractivity contribution < 1.29 is 9.15 Å². The Kier molecular flexibility index (Phi) is 4.12. The average molecular weight is 283 g/mol. The normalized spacial score (nSPS) is 10.9. The van der Waals surface area contributed by atoms with E-state index >= 15 is 0 Å². The zero-order chi connectivity index (χ0) is 14.5. The minimum Gasteiger partial charge on any atom is -0.461 e. The molecule has 0 saturated heterocycles. The predicted molar refractivity (Wildman–Crippen MR) is 82.2 cm³/mol. The molecule has 2 aromatic heterocycles. The number of methoxy groups -OCH3 is 1. The van der Waals surface area contributed by atoms with E-state index in [-0.39, 0.29) is 0 Å². The van der Waals surface area contributed by atoms with Gasteiger partial charge in [0.1, 0.15) is 5.82 Å². The van der Waals surface area contributed by atoms with Crippen molar-refractivity contribution in [2.75, 3.05) is 25.6 Å². The Balaban J connectivity index is 1.95.